The molecule has 27 heavy (non-hydrogen) atoms. The second kappa shape index (κ2) is 10.6. The summed E-state index contributed by atoms with van der Waals surface area (Å²) in [5.74, 6) is -0.272. The number of amides is 1. The molecular weight excluding hydrogens is 366 g/mol. The van der Waals surface area contributed by atoms with Crippen molar-refractivity contribution in [3.8, 4) is 0 Å². The average Bonchev–Trinajstić information content (AvgIpc) is 3.20. The van der Waals surface area contributed by atoms with E-state index in [4.69, 9.17) is 4.74 Å². The van der Waals surface area contributed by atoms with Crippen molar-refractivity contribution in [2.45, 2.75) is 44.4 Å². The van der Waals surface area contributed by atoms with E-state index in [2.05, 4.69) is 14.9 Å². The van der Waals surface area contributed by atoms with Crippen molar-refractivity contribution >= 4 is 21.6 Å². The van der Waals surface area contributed by atoms with Gasteiger partial charge in [-0.1, -0.05) is 6.92 Å². The Labute approximate surface area is 162 Å². The minimum absolute atomic E-state index is 0.180. The van der Waals surface area contributed by atoms with Crippen LogP contribution in [0.5, 0.6) is 0 Å². The highest BCUT2D eigenvalue weighted by molar-refractivity contribution is 7.89. The van der Waals surface area contributed by atoms with E-state index in [0.717, 1.165) is 25.9 Å². The minimum atomic E-state index is -3.67. The third-order valence-corrected chi connectivity index (χ3v) is 5.95. The topological polar surface area (TPSA) is 87.7 Å². The number of rotatable bonds is 11. The zero-order valence-corrected chi connectivity index (χ0v) is 17.1. The van der Waals surface area contributed by atoms with Crippen LogP contribution in [0.1, 0.15) is 49.9 Å². The number of hydrogen-bond donors (Lipinski definition) is 2. The molecular formula is C19H31N3O4S. The zero-order valence-electron chi connectivity index (χ0n) is 16.3. The van der Waals surface area contributed by atoms with Crippen molar-refractivity contribution in [3.05, 3.63) is 23.8 Å². The maximum atomic E-state index is 12.8. The summed E-state index contributed by atoms with van der Waals surface area (Å²) in [5, 5.41) is 2.82. The Bertz CT molecular complexity index is 716. The van der Waals surface area contributed by atoms with Crippen molar-refractivity contribution < 1.29 is 17.9 Å². The standard InChI is InChI=1S/C19H31N3O4S/c1-3-10-21-27(24,25)18-15-16(19(23)20-11-7-14-26-4-2)8-9-17(18)22-12-5-6-13-22/h8-9,15,21H,3-7,10-14H2,1-2H3,(H,20,23). The van der Waals surface area contributed by atoms with E-state index in [0.29, 0.717) is 50.4 Å². The molecule has 0 aliphatic carbocycles. The SMILES string of the molecule is CCCNS(=O)(=O)c1cc(C(=O)NCCCOCC)ccc1N1CCCC1. The van der Waals surface area contributed by atoms with E-state index in [9.17, 15) is 13.2 Å². The van der Waals surface area contributed by atoms with Gasteiger partial charge in [0, 0.05) is 45.0 Å². The lowest BCUT2D eigenvalue weighted by atomic mass is 10.2. The van der Waals surface area contributed by atoms with Gasteiger partial charge in [0.25, 0.3) is 5.91 Å². The quantitative estimate of drug-likeness (QED) is 0.559. The molecule has 1 aromatic carbocycles. The first-order valence-corrected chi connectivity index (χ1v) is 11.2. The monoisotopic (exact) mass is 397 g/mol. The molecule has 152 valence electrons. The third-order valence-electron chi connectivity index (χ3n) is 4.46. The van der Waals surface area contributed by atoms with Gasteiger partial charge in [-0.15, -0.1) is 0 Å². The highest BCUT2D eigenvalue weighted by atomic mass is 32.2. The summed E-state index contributed by atoms with van der Waals surface area (Å²) >= 11 is 0. The molecule has 1 fully saturated rings. The predicted molar refractivity (Wildman–Crippen MR) is 107 cm³/mol. The molecule has 0 unspecified atom stereocenters. The Hall–Kier alpha value is -1.64. The molecule has 0 atom stereocenters. The smallest absolute Gasteiger partial charge is 0.251 e. The summed E-state index contributed by atoms with van der Waals surface area (Å²) in [7, 11) is -3.67. The first-order chi connectivity index (χ1) is 13.0. The summed E-state index contributed by atoms with van der Waals surface area (Å²) < 4.78 is 33.4. The summed E-state index contributed by atoms with van der Waals surface area (Å²) in [6.45, 7) is 7.60. The number of nitrogens with one attached hydrogen (secondary N) is 2. The molecule has 1 aliphatic heterocycles. The molecule has 2 rings (SSSR count). The average molecular weight is 398 g/mol. The van der Waals surface area contributed by atoms with Crippen molar-refractivity contribution in [1.29, 1.82) is 0 Å². The largest absolute Gasteiger partial charge is 0.382 e. The van der Waals surface area contributed by atoms with Gasteiger partial charge in [0.15, 0.2) is 0 Å². The van der Waals surface area contributed by atoms with E-state index in [1.54, 1.807) is 12.1 Å². The minimum Gasteiger partial charge on any atom is -0.382 e. The fourth-order valence-electron chi connectivity index (χ4n) is 3.03. The first kappa shape index (κ1) is 21.7. The lowest BCUT2D eigenvalue weighted by Crippen LogP contribution is -2.29. The van der Waals surface area contributed by atoms with E-state index in [1.807, 2.05) is 13.8 Å². The second-order valence-electron chi connectivity index (χ2n) is 6.58. The Kier molecular flexibility index (Phi) is 8.53. The number of nitrogens with zero attached hydrogens (tertiary/aromatic N) is 1. The Morgan fingerprint density at radius 2 is 1.93 bits per heavy atom. The van der Waals surface area contributed by atoms with Gasteiger partial charge in [-0.2, -0.15) is 0 Å². The van der Waals surface area contributed by atoms with Crippen LogP contribution in [0.4, 0.5) is 5.69 Å². The van der Waals surface area contributed by atoms with Crippen LogP contribution in [-0.2, 0) is 14.8 Å². The molecule has 8 heteroatoms. The lowest BCUT2D eigenvalue weighted by molar-refractivity contribution is 0.0944. The van der Waals surface area contributed by atoms with E-state index in [-0.39, 0.29) is 10.8 Å². The number of anilines is 1. The molecule has 1 amide bonds. The van der Waals surface area contributed by atoms with Crippen LogP contribution < -0.4 is 14.9 Å². The Morgan fingerprint density at radius 3 is 2.59 bits per heavy atom. The highest BCUT2D eigenvalue weighted by Crippen LogP contribution is 2.29. The van der Waals surface area contributed by atoms with E-state index < -0.39 is 10.0 Å². The van der Waals surface area contributed by atoms with Gasteiger partial charge in [-0.3, -0.25) is 4.79 Å². The molecule has 0 bridgehead atoms. The zero-order chi connectivity index (χ0) is 19.7. The summed E-state index contributed by atoms with van der Waals surface area (Å²) in [6, 6.07) is 4.94. The highest BCUT2D eigenvalue weighted by Gasteiger charge is 2.25. The molecule has 1 saturated heterocycles. The molecule has 0 aromatic heterocycles. The molecule has 1 aromatic rings. The maximum Gasteiger partial charge on any atom is 0.251 e. The third kappa shape index (κ3) is 6.19. The van der Waals surface area contributed by atoms with E-state index in [1.165, 1.54) is 6.07 Å². The van der Waals surface area contributed by atoms with Crippen molar-refractivity contribution in [2.24, 2.45) is 0 Å². The van der Waals surface area contributed by atoms with Crippen LogP contribution in [0, 0.1) is 0 Å². The predicted octanol–water partition coefficient (Wildman–Crippen LogP) is 2.13. The number of hydrogen-bond acceptors (Lipinski definition) is 5. The van der Waals surface area contributed by atoms with Gasteiger partial charge >= 0.3 is 0 Å². The van der Waals surface area contributed by atoms with E-state index >= 15 is 0 Å². The molecule has 0 saturated carbocycles. The van der Waals surface area contributed by atoms with Crippen LogP contribution in [0.3, 0.4) is 0 Å². The molecule has 7 nitrogen and oxygen atoms in total. The molecule has 1 heterocycles. The molecule has 2 N–H and O–H groups in total. The number of ether oxygens (including phenoxy) is 1. The normalized spacial score (nSPS) is 14.5. The second-order valence-corrected chi connectivity index (χ2v) is 8.32. The van der Waals surface area contributed by atoms with Crippen molar-refractivity contribution in [1.82, 2.24) is 10.0 Å². The van der Waals surface area contributed by atoms with Gasteiger partial charge in [-0.05, 0) is 50.8 Å². The number of carbonyl (C=O) groups excluding carboxylic acids is 1. The first-order valence-electron chi connectivity index (χ1n) is 9.74. The molecule has 0 radical (unpaired) electrons. The number of sulfonamides is 1. The van der Waals surface area contributed by atoms with Crippen molar-refractivity contribution in [2.75, 3.05) is 44.3 Å². The van der Waals surface area contributed by atoms with Gasteiger partial charge in [0.1, 0.15) is 4.90 Å². The molecule has 0 spiro atoms. The van der Waals surface area contributed by atoms with Gasteiger partial charge in [-0.25, -0.2) is 13.1 Å². The maximum absolute atomic E-state index is 12.8. The van der Waals surface area contributed by atoms with Gasteiger partial charge < -0.3 is 15.0 Å². The van der Waals surface area contributed by atoms with Gasteiger partial charge in [0.2, 0.25) is 10.0 Å². The Morgan fingerprint density at radius 1 is 1.19 bits per heavy atom. The summed E-state index contributed by atoms with van der Waals surface area (Å²) in [6.07, 6.45) is 3.51. The summed E-state index contributed by atoms with van der Waals surface area (Å²) in [4.78, 5) is 14.7. The molecule has 1 aliphatic rings. The van der Waals surface area contributed by atoms with Crippen LogP contribution in [-0.4, -0.2) is 53.7 Å². The summed E-state index contributed by atoms with van der Waals surface area (Å²) in [5.41, 5.74) is 1.02. The van der Waals surface area contributed by atoms with Crippen molar-refractivity contribution in [3.63, 3.8) is 0 Å². The Balaban J connectivity index is 2.20. The van der Waals surface area contributed by atoms with Crippen LogP contribution in [0.2, 0.25) is 0 Å². The number of carbonyl (C=O) groups is 1. The fraction of sp³-hybridized carbons (Fsp3) is 0.632. The number of benzene rings is 1. The van der Waals surface area contributed by atoms with Crippen LogP contribution in [0.15, 0.2) is 23.1 Å². The van der Waals surface area contributed by atoms with Gasteiger partial charge in [0.05, 0.1) is 5.69 Å². The van der Waals surface area contributed by atoms with Crippen LogP contribution >= 0.6 is 0 Å². The lowest BCUT2D eigenvalue weighted by Gasteiger charge is -2.22. The van der Waals surface area contributed by atoms with Crippen LogP contribution in [0.25, 0.3) is 0 Å². The fourth-order valence-corrected chi connectivity index (χ4v) is 4.41.